The van der Waals surface area contributed by atoms with E-state index in [0.717, 1.165) is 33.6 Å². The molecule has 4 heteroatoms. The number of halogens is 1. The molecule has 0 aliphatic heterocycles. The van der Waals surface area contributed by atoms with Crippen molar-refractivity contribution in [3.05, 3.63) is 39.1 Å². The zero-order valence-corrected chi connectivity index (χ0v) is 14.0. The molecule has 0 saturated heterocycles. The van der Waals surface area contributed by atoms with Gasteiger partial charge in [-0.05, 0) is 30.9 Å². The molecule has 0 radical (unpaired) electrons. The zero-order valence-electron chi connectivity index (χ0n) is 11.6. The molecular formula is C16H19BrN2S. The van der Waals surface area contributed by atoms with Gasteiger partial charge < -0.3 is 5.73 Å². The molecule has 0 bridgehead atoms. The number of thiazole rings is 1. The molecule has 0 spiro atoms. The van der Waals surface area contributed by atoms with Crippen LogP contribution < -0.4 is 5.73 Å². The molecule has 1 aliphatic rings. The summed E-state index contributed by atoms with van der Waals surface area (Å²) in [5.41, 5.74) is 8.60. The summed E-state index contributed by atoms with van der Waals surface area (Å²) in [4.78, 5) is 4.82. The van der Waals surface area contributed by atoms with Gasteiger partial charge in [-0.3, -0.25) is 0 Å². The topological polar surface area (TPSA) is 38.9 Å². The van der Waals surface area contributed by atoms with E-state index in [1.807, 2.05) is 12.1 Å². The van der Waals surface area contributed by atoms with Crippen LogP contribution in [0.1, 0.15) is 37.6 Å². The van der Waals surface area contributed by atoms with Gasteiger partial charge in [0.1, 0.15) is 5.01 Å². The van der Waals surface area contributed by atoms with Crippen molar-refractivity contribution in [1.82, 2.24) is 4.98 Å². The number of aromatic nitrogens is 1. The molecule has 3 rings (SSSR count). The second-order valence-corrected chi connectivity index (χ2v) is 7.68. The lowest BCUT2D eigenvalue weighted by molar-refractivity contribution is 0.238. The van der Waals surface area contributed by atoms with Crippen molar-refractivity contribution in [2.75, 3.05) is 0 Å². The Morgan fingerprint density at radius 2 is 2.30 bits per heavy atom. The Morgan fingerprint density at radius 3 is 3.05 bits per heavy atom. The van der Waals surface area contributed by atoms with E-state index in [1.165, 1.54) is 12.8 Å². The second-order valence-electron chi connectivity index (χ2n) is 5.91. The highest BCUT2D eigenvalue weighted by atomic mass is 79.9. The summed E-state index contributed by atoms with van der Waals surface area (Å²) in [6, 6.07) is 8.27. The van der Waals surface area contributed by atoms with Crippen molar-refractivity contribution in [2.24, 2.45) is 11.7 Å². The molecule has 2 aromatic rings. The SMILES string of the molecule is CC1CCCC(N)(c2nc(-c3cccc(Br)c3)cs2)C1. The van der Waals surface area contributed by atoms with Crippen molar-refractivity contribution >= 4 is 27.3 Å². The Bertz CT molecular complexity index is 610. The molecule has 1 aromatic carbocycles. The van der Waals surface area contributed by atoms with Crippen LogP contribution >= 0.6 is 27.3 Å². The highest BCUT2D eigenvalue weighted by Gasteiger charge is 2.35. The third-order valence-corrected chi connectivity index (χ3v) is 5.64. The van der Waals surface area contributed by atoms with E-state index in [0.29, 0.717) is 5.92 Å². The molecule has 106 valence electrons. The first kappa shape index (κ1) is 14.2. The average Bonchev–Trinajstić information content (AvgIpc) is 2.88. The fourth-order valence-corrected chi connectivity index (χ4v) is 4.45. The first-order valence-electron chi connectivity index (χ1n) is 7.08. The summed E-state index contributed by atoms with van der Waals surface area (Å²) in [5.74, 6) is 0.701. The van der Waals surface area contributed by atoms with Crippen molar-refractivity contribution in [3.63, 3.8) is 0 Å². The third kappa shape index (κ3) is 2.83. The van der Waals surface area contributed by atoms with Crippen molar-refractivity contribution < 1.29 is 0 Å². The van der Waals surface area contributed by atoms with Crippen molar-refractivity contribution in [1.29, 1.82) is 0 Å². The fraction of sp³-hybridized carbons (Fsp3) is 0.438. The van der Waals surface area contributed by atoms with Gasteiger partial charge in [0, 0.05) is 15.4 Å². The number of rotatable bonds is 2. The minimum atomic E-state index is -0.216. The maximum Gasteiger partial charge on any atom is 0.113 e. The van der Waals surface area contributed by atoms with Crippen LogP contribution in [0.25, 0.3) is 11.3 Å². The molecular weight excluding hydrogens is 332 g/mol. The van der Waals surface area contributed by atoms with Gasteiger partial charge >= 0.3 is 0 Å². The monoisotopic (exact) mass is 350 g/mol. The Kier molecular flexibility index (Phi) is 3.98. The van der Waals surface area contributed by atoms with E-state index in [9.17, 15) is 0 Å². The molecule has 1 aromatic heterocycles. The largest absolute Gasteiger partial charge is 0.319 e. The Hall–Kier alpha value is -0.710. The van der Waals surface area contributed by atoms with E-state index in [2.05, 4.69) is 40.4 Å². The van der Waals surface area contributed by atoms with Crippen LogP contribution in [0.2, 0.25) is 0 Å². The van der Waals surface area contributed by atoms with Gasteiger partial charge in [0.15, 0.2) is 0 Å². The highest BCUT2D eigenvalue weighted by Crippen LogP contribution is 2.40. The summed E-state index contributed by atoms with van der Waals surface area (Å²) in [7, 11) is 0. The lowest BCUT2D eigenvalue weighted by Crippen LogP contribution is -2.40. The van der Waals surface area contributed by atoms with Crippen molar-refractivity contribution in [3.8, 4) is 11.3 Å². The predicted molar refractivity (Wildman–Crippen MR) is 88.7 cm³/mol. The van der Waals surface area contributed by atoms with Crippen LogP contribution in [0, 0.1) is 5.92 Å². The number of hydrogen-bond acceptors (Lipinski definition) is 3. The predicted octanol–water partition coefficient (Wildman–Crippen LogP) is 4.94. The maximum absolute atomic E-state index is 6.63. The first-order valence-corrected chi connectivity index (χ1v) is 8.75. The smallest absolute Gasteiger partial charge is 0.113 e. The molecule has 20 heavy (non-hydrogen) atoms. The van der Waals surface area contributed by atoms with E-state index < -0.39 is 0 Å². The first-order chi connectivity index (χ1) is 9.57. The summed E-state index contributed by atoms with van der Waals surface area (Å²) < 4.78 is 1.08. The van der Waals surface area contributed by atoms with Crippen LogP contribution in [0.15, 0.2) is 34.1 Å². The van der Waals surface area contributed by atoms with Gasteiger partial charge in [-0.15, -0.1) is 11.3 Å². The number of hydrogen-bond donors (Lipinski definition) is 1. The molecule has 2 atom stereocenters. The van der Waals surface area contributed by atoms with Gasteiger partial charge in [0.2, 0.25) is 0 Å². The second kappa shape index (κ2) is 5.58. The van der Waals surface area contributed by atoms with E-state index in [1.54, 1.807) is 11.3 Å². The van der Waals surface area contributed by atoms with Crippen LogP contribution in [0.5, 0.6) is 0 Å². The molecule has 1 heterocycles. The summed E-state index contributed by atoms with van der Waals surface area (Å²) in [5, 5.41) is 3.23. The molecule has 1 saturated carbocycles. The normalized spacial score (nSPS) is 26.6. The van der Waals surface area contributed by atoms with E-state index in [-0.39, 0.29) is 5.54 Å². The van der Waals surface area contributed by atoms with Crippen LogP contribution in [-0.2, 0) is 5.54 Å². The fourth-order valence-electron chi connectivity index (χ4n) is 3.07. The van der Waals surface area contributed by atoms with Gasteiger partial charge in [0.25, 0.3) is 0 Å². The number of nitrogens with two attached hydrogens (primary N) is 1. The van der Waals surface area contributed by atoms with Gasteiger partial charge in [-0.2, -0.15) is 0 Å². The molecule has 2 N–H and O–H groups in total. The summed E-state index contributed by atoms with van der Waals surface area (Å²) in [6.07, 6.45) is 4.62. The van der Waals surface area contributed by atoms with Crippen LogP contribution in [0.3, 0.4) is 0 Å². The lowest BCUT2D eigenvalue weighted by atomic mass is 9.77. The molecule has 0 amide bonds. The molecule has 2 unspecified atom stereocenters. The third-order valence-electron chi connectivity index (χ3n) is 4.08. The zero-order chi connectivity index (χ0) is 14.2. The van der Waals surface area contributed by atoms with Gasteiger partial charge in [-0.25, -0.2) is 4.98 Å². The van der Waals surface area contributed by atoms with Crippen molar-refractivity contribution in [2.45, 2.75) is 38.1 Å². The lowest BCUT2D eigenvalue weighted by Gasteiger charge is -2.35. The van der Waals surface area contributed by atoms with Crippen LogP contribution in [-0.4, -0.2) is 4.98 Å². The number of benzene rings is 1. The Labute approximate surface area is 132 Å². The van der Waals surface area contributed by atoms with E-state index >= 15 is 0 Å². The Morgan fingerprint density at radius 1 is 1.45 bits per heavy atom. The number of nitrogens with zero attached hydrogens (tertiary/aromatic N) is 1. The molecule has 1 aliphatic carbocycles. The average molecular weight is 351 g/mol. The molecule has 1 fully saturated rings. The van der Waals surface area contributed by atoms with Gasteiger partial charge in [0.05, 0.1) is 11.2 Å². The van der Waals surface area contributed by atoms with E-state index in [4.69, 9.17) is 10.7 Å². The summed E-state index contributed by atoms with van der Waals surface area (Å²) >= 11 is 5.22. The summed E-state index contributed by atoms with van der Waals surface area (Å²) in [6.45, 7) is 2.30. The minimum absolute atomic E-state index is 0.216. The molecule has 2 nitrogen and oxygen atoms in total. The Balaban J connectivity index is 1.90. The minimum Gasteiger partial charge on any atom is -0.319 e. The van der Waals surface area contributed by atoms with Crippen LogP contribution in [0.4, 0.5) is 0 Å². The highest BCUT2D eigenvalue weighted by molar-refractivity contribution is 9.10. The van der Waals surface area contributed by atoms with Gasteiger partial charge in [-0.1, -0.05) is 47.8 Å². The maximum atomic E-state index is 6.63. The standard InChI is InChI=1S/C16H19BrN2S/c1-11-4-3-7-16(18,9-11)15-19-14(10-20-15)12-5-2-6-13(17)8-12/h2,5-6,8,10-11H,3-4,7,9,18H2,1H3. The quantitative estimate of drug-likeness (QED) is 0.833.